The zero-order valence-electron chi connectivity index (χ0n) is 15.0. The Hall–Kier alpha value is -2.46. The standard InChI is InChI=1S/C18H23N3O6/c1-10-8-14(21(20-10)12-6-4-3-5-7-12)27-18-15(19-11(2)23)17(25)16(24)13(9-22)26-18/h3-8,13,15-18,22,24-25H,9H2,1-2H3,(H,19,23)/t13-,15-,16-,17-,18?/m1/s1. The third-order valence-electron chi connectivity index (χ3n) is 4.29. The monoisotopic (exact) mass is 377 g/mol. The Morgan fingerprint density at radius 1 is 1.30 bits per heavy atom. The summed E-state index contributed by atoms with van der Waals surface area (Å²) in [7, 11) is 0. The van der Waals surface area contributed by atoms with Gasteiger partial charge in [-0.2, -0.15) is 5.10 Å². The van der Waals surface area contributed by atoms with Crippen molar-refractivity contribution >= 4 is 5.91 Å². The zero-order valence-corrected chi connectivity index (χ0v) is 15.0. The van der Waals surface area contributed by atoms with Crippen LogP contribution < -0.4 is 10.1 Å². The predicted octanol–water partition coefficient (Wildman–Crippen LogP) is -0.497. The molecule has 1 aromatic heterocycles. The summed E-state index contributed by atoms with van der Waals surface area (Å²) in [5.74, 6) is -0.0852. The average Bonchev–Trinajstić information content (AvgIpc) is 3.02. The Morgan fingerprint density at radius 2 is 2.00 bits per heavy atom. The molecule has 4 N–H and O–H groups in total. The lowest BCUT2D eigenvalue weighted by Gasteiger charge is -2.41. The maximum Gasteiger partial charge on any atom is 0.225 e. The lowest BCUT2D eigenvalue weighted by Crippen LogP contribution is -2.65. The van der Waals surface area contributed by atoms with Crippen LogP contribution >= 0.6 is 0 Å². The Balaban J connectivity index is 1.91. The van der Waals surface area contributed by atoms with E-state index in [1.807, 2.05) is 30.3 Å². The highest BCUT2D eigenvalue weighted by molar-refractivity contribution is 5.73. The summed E-state index contributed by atoms with van der Waals surface area (Å²) in [6.07, 6.45) is -4.93. The second-order valence-corrected chi connectivity index (χ2v) is 6.42. The summed E-state index contributed by atoms with van der Waals surface area (Å²) in [5.41, 5.74) is 1.45. The van der Waals surface area contributed by atoms with Crippen molar-refractivity contribution in [3.63, 3.8) is 0 Å². The minimum absolute atomic E-state index is 0.333. The molecule has 9 nitrogen and oxygen atoms in total. The number of aliphatic hydroxyl groups excluding tert-OH is 3. The molecule has 1 aromatic carbocycles. The van der Waals surface area contributed by atoms with Gasteiger partial charge in [-0.15, -0.1) is 0 Å². The number of hydrogen-bond acceptors (Lipinski definition) is 7. The van der Waals surface area contributed by atoms with Gasteiger partial charge in [0.2, 0.25) is 18.1 Å². The Labute approximate surface area is 156 Å². The number of ether oxygens (including phenoxy) is 2. The maximum atomic E-state index is 11.5. The first-order valence-corrected chi connectivity index (χ1v) is 8.59. The van der Waals surface area contributed by atoms with E-state index in [9.17, 15) is 20.1 Å². The number of aliphatic hydroxyl groups is 3. The van der Waals surface area contributed by atoms with Gasteiger partial charge in [0.15, 0.2) is 0 Å². The maximum absolute atomic E-state index is 11.5. The SMILES string of the molecule is CC(=O)N[C@H]1C(Oc2cc(C)nn2-c2ccccc2)O[C@H](CO)[C@@H](O)[C@@H]1O. The van der Waals surface area contributed by atoms with Gasteiger partial charge >= 0.3 is 0 Å². The van der Waals surface area contributed by atoms with Gasteiger partial charge in [-0.05, 0) is 19.1 Å². The van der Waals surface area contributed by atoms with Crippen molar-refractivity contribution in [1.82, 2.24) is 15.1 Å². The van der Waals surface area contributed by atoms with Gasteiger partial charge in [-0.3, -0.25) is 4.79 Å². The molecule has 0 spiro atoms. The van der Waals surface area contributed by atoms with E-state index < -0.39 is 43.2 Å². The first kappa shape index (κ1) is 19.3. The van der Waals surface area contributed by atoms with E-state index >= 15 is 0 Å². The first-order chi connectivity index (χ1) is 12.9. The number of carbonyl (C=O) groups excluding carboxylic acids is 1. The van der Waals surface area contributed by atoms with Gasteiger partial charge in [0.05, 0.1) is 18.0 Å². The third-order valence-corrected chi connectivity index (χ3v) is 4.29. The quantitative estimate of drug-likeness (QED) is 0.554. The van der Waals surface area contributed by atoms with E-state index in [-0.39, 0.29) is 0 Å². The van der Waals surface area contributed by atoms with Crippen molar-refractivity contribution in [1.29, 1.82) is 0 Å². The van der Waals surface area contributed by atoms with Crippen molar-refractivity contribution in [2.75, 3.05) is 6.61 Å². The molecule has 0 radical (unpaired) electrons. The van der Waals surface area contributed by atoms with Crippen LogP contribution in [0, 0.1) is 6.92 Å². The molecule has 1 unspecified atom stereocenters. The van der Waals surface area contributed by atoms with E-state index in [1.54, 1.807) is 17.7 Å². The molecule has 0 aliphatic carbocycles. The van der Waals surface area contributed by atoms with E-state index in [0.717, 1.165) is 5.69 Å². The Morgan fingerprint density at radius 3 is 2.63 bits per heavy atom. The number of nitrogens with one attached hydrogen (secondary N) is 1. The second kappa shape index (κ2) is 8.05. The third kappa shape index (κ3) is 4.11. The lowest BCUT2D eigenvalue weighted by atomic mass is 9.97. The summed E-state index contributed by atoms with van der Waals surface area (Å²) in [5, 5.41) is 36.8. The summed E-state index contributed by atoms with van der Waals surface area (Å²) in [6.45, 7) is 2.57. The van der Waals surface area contributed by atoms with Gasteiger partial charge in [0.25, 0.3) is 0 Å². The van der Waals surface area contributed by atoms with Gasteiger partial charge in [-0.1, -0.05) is 18.2 Å². The number of hydrogen-bond donors (Lipinski definition) is 4. The minimum atomic E-state index is -1.38. The number of carbonyl (C=O) groups is 1. The Bertz CT molecular complexity index is 781. The van der Waals surface area contributed by atoms with E-state index in [1.165, 1.54) is 6.92 Å². The van der Waals surface area contributed by atoms with Crippen LogP contribution in [-0.4, -0.2) is 68.3 Å². The first-order valence-electron chi connectivity index (χ1n) is 8.59. The summed E-state index contributed by atoms with van der Waals surface area (Å²) in [4.78, 5) is 11.5. The second-order valence-electron chi connectivity index (χ2n) is 6.42. The highest BCUT2D eigenvalue weighted by Crippen LogP contribution is 2.26. The lowest BCUT2D eigenvalue weighted by molar-refractivity contribution is -0.245. The zero-order chi connectivity index (χ0) is 19.6. The van der Waals surface area contributed by atoms with Crippen molar-refractivity contribution in [2.24, 2.45) is 0 Å². The van der Waals surface area contributed by atoms with E-state index in [4.69, 9.17) is 9.47 Å². The van der Waals surface area contributed by atoms with Crippen LogP contribution in [0.4, 0.5) is 0 Å². The van der Waals surface area contributed by atoms with Crippen LogP contribution in [-0.2, 0) is 9.53 Å². The molecule has 5 atom stereocenters. The smallest absolute Gasteiger partial charge is 0.225 e. The van der Waals surface area contributed by atoms with Crippen molar-refractivity contribution in [3.05, 3.63) is 42.1 Å². The molecule has 27 heavy (non-hydrogen) atoms. The summed E-state index contributed by atoms with van der Waals surface area (Å²) >= 11 is 0. The number of rotatable bonds is 5. The number of aromatic nitrogens is 2. The number of amides is 1. The molecule has 2 heterocycles. The summed E-state index contributed by atoms with van der Waals surface area (Å²) in [6, 6.07) is 9.95. The van der Waals surface area contributed by atoms with Crippen molar-refractivity contribution in [2.45, 2.75) is 44.5 Å². The van der Waals surface area contributed by atoms with E-state index in [2.05, 4.69) is 10.4 Å². The van der Waals surface area contributed by atoms with Gasteiger partial charge in [0.1, 0.15) is 24.4 Å². The predicted molar refractivity (Wildman–Crippen MR) is 94.3 cm³/mol. The molecule has 1 amide bonds. The molecule has 0 bridgehead atoms. The average molecular weight is 377 g/mol. The molecule has 0 saturated carbocycles. The van der Waals surface area contributed by atoms with Gasteiger partial charge in [-0.25, -0.2) is 4.68 Å². The molecule has 1 saturated heterocycles. The Kier molecular flexibility index (Phi) is 5.76. The number of para-hydroxylation sites is 1. The van der Waals surface area contributed by atoms with Gasteiger partial charge < -0.3 is 30.1 Å². The summed E-state index contributed by atoms with van der Waals surface area (Å²) < 4.78 is 13.1. The molecule has 2 aromatic rings. The number of nitrogens with zero attached hydrogens (tertiary/aromatic N) is 2. The van der Waals surface area contributed by atoms with Crippen molar-refractivity contribution < 1.29 is 29.6 Å². The van der Waals surface area contributed by atoms with Crippen LogP contribution in [0.25, 0.3) is 5.69 Å². The van der Waals surface area contributed by atoms with E-state index in [0.29, 0.717) is 11.6 Å². The molecule has 3 rings (SSSR count). The van der Waals surface area contributed by atoms with Crippen LogP contribution in [0.3, 0.4) is 0 Å². The fourth-order valence-corrected chi connectivity index (χ4v) is 3.00. The largest absolute Gasteiger partial charge is 0.445 e. The normalized spacial score (nSPS) is 28.0. The highest BCUT2D eigenvalue weighted by Gasteiger charge is 2.46. The van der Waals surface area contributed by atoms with Crippen LogP contribution in [0.15, 0.2) is 36.4 Å². The molecular weight excluding hydrogens is 354 g/mol. The van der Waals surface area contributed by atoms with Crippen LogP contribution in [0.2, 0.25) is 0 Å². The molecular formula is C18H23N3O6. The number of aryl methyl sites for hydroxylation is 1. The molecule has 1 fully saturated rings. The molecule has 9 heteroatoms. The molecule has 1 aliphatic heterocycles. The fraction of sp³-hybridized carbons (Fsp3) is 0.444. The minimum Gasteiger partial charge on any atom is -0.445 e. The van der Waals surface area contributed by atoms with Gasteiger partial charge in [0, 0.05) is 13.0 Å². The highest BCUT2D eigenvalue weighted by atomic mass is 16.7. The van der Waals surface area contributed by atoms with Crippen molar-refractivity contribution in [3.8, 4) is 11.6 Å². The number of benzene rings is 1. The van der Waals surface area contributed by atoms with Crippen LogP contribution in [0.1, 0.15) is 12.6 Å². The molecule has 1 aliphatic rings. The van der Waals surface area contributed by atoms with Crippen LogP contribution in [0.5, 0.6) is 5.88 Å². The molecule has 146 valence electrons. The topological polar surface area (TPSA) is 126 Å². The fourth-order valence-electron chi connectivity index (χ4n) is 3.00.